The summed E-state index contributed by atoms with van der Waals surface area (Å²) >= 11 is 0. The van der Waals surface area contributed by atoms with Crippen LogP contribution in [0.25, 0.3) is 72.8 Å². The first-order chi connectivity index (χ1) is 29.0. The summed E-state index contributed by atoms with van der Waals surface area (Å²) in [5.74, 6) is 1.95. The summed E-state index contributed by atoms with van der Waals surface area (Å²) in [6.45, 7) is 4.76. The summed E-state index contributed by atoms with van der Waals surface area (Å²) in [7, 11) is 0. The van der Waals surface area contributed by atoms with E-state index in [1.807, 2.05) is 60.7 Å². The molecule has 0 aliphatic heterocycles. The highest BCUT2D eigenvalue weighted by Gasteiger charge is 2.53. The smallest absolute Gasteiger partial charge is 0.164 e. The maximum absolute atomic E-state index is 5.01. The monoisotopic (exact) mass is 754 g/mol. The van der Waals surface area contributed by atoms with Crippen LogP contribution in [0.3, 0.4) is 0 Å². The molecule has 10 aromatic rings. The van der Waals surface area contributed by atoms with Crippen LogP contribution >= 0.6 is 0 Å². The predicted octanol–water partition coefficient (Wildman–Crippen LogP) is 13.0. The van der Waals surface area contributed by atoms with E-state index in [2.05, 4.69) is 152 Å². The van der Waals surface area contributed by atoms with Crippen LogP contribution in [-0.4, -0.2) is 19.5 Å². The van der Waals surface area contributed by atoms with Crippen molar-refractivity contribution >= 4 is 21.8 Å². The number of rotatable bonds is 4. The SMILES string of the molecule is CC1(C)c2ccccc2C2(c3ccccc3-c3cc4c(cc32)c2ccccc2n4-c2ccc(-c3nc(-c4ccccc4)nc(-c4ccccc4)n3)cc2)c2ccccc21. The number of aromatic nitrogens is 4. The number of nitrogens with zero attached hydrogens (tertiary/aromatic N) is 4. The van der Waals surface area contributed by atoms with Crippen LogP contribution in [0, 0.1) is 0 Å². The van der Waals surface area contributed by atoms with Crippen molar-refractivity contribution in [3.8, 4) is 51.0 Å². The number of benzene rings is 8. The van der Waals surface area contributed by atoms with Gasteiger partial charge in [-0.2, -0.15) is 0 Å². The highest BCUT2D eigenvalue weighted by atomic mass is 15.0. The lowest BCUT2D eigenvalue weighted by Gasteiger charge is -2.46. The Morgan fingerprint density at radius 3 is 1.42 bits per heavy atom. The molecular weight excluding hydrogens is 717 g/mol. The number of hydrogen-bond acceptors (Lipinski definition) is 3. The van der Waals surface area contributed by atoms with E-state index < -0.39 is 5.41 Å². The van der Waals surface area contributed by atoms with Gasteiger partial charge in [-0.3, -0.25) is 0 Å². The summed E-state index contributed by atoms with van der Waals surface area (Å²) in [4.78, 5) is 14.9. The average molecular weight is 755 g/mol. The van der Waals surface area contributed by atoms with E-state index in [9.17, 15) is 0 Å². The Morgan fingerprint density at radius 1 is 0.356 bits per heavy atom. The van der Waals surface area contributed by atoms with Crippen LogP contribution in [0.4, 0.5) is 0 Å². The minimum atomic E-state index is -0.449. The molecule has 12 rings (SSSR count). The van der Waals surface area contributed by atoms with Gasteiger partial charge in [-0.1, -0.05) is 166 Å². The molecule has 59 heavy (non-hydrogen) atoms. The fourth-order valence-electron chi connectivity index (χ4n) is 10.3. The second-order valence-corrected chi connectivity index (χ2v) is 16.4. The third-order valence-corrected chi connectivity index (χ3v) is 12.9. The Kier molecular flexibility index (Phi) is 7.16. The van der Waals surface area contributed by atoms with Gasteiger partial charge in [0, 0.05) is 38.6 Å². The maximum atomic E-state index is 5.01. The molecule has 0 bridgehead atoms. The minimum absolute atomic E-state index is 0.143. The van der Waals surface area contributed by atoms with Gasteiger partial charge >= 0.3 is 0 Å². The molecule has 278 valence electrons. The molecule has 4 heteroatoms. The van der Waals surface area contributed by atoms with Crippen LogP contribution in [0.1, 0.15) is 47.2 Å². The third-order valence-electron chi connectivity index (χ3n) is 12.9. The van der Waals surface area contributed by atoms with E-state index in [1.54, 1.807) is 0 Å². The van der Waals surface area contributed by atoms with Crippen molar-refractivity contribution in [3.05, 3.63) is 228 Å². The molecular formula is C55H38N4. The topological polar surface area (TPSA) is 43.6 Å². The maximum Gasteiger partial charge on any atom is 0.164 e. The van der Waals surface area contributed by atoms with Gasteiger partial charge in [-0.25, -0.2) is 15.0 Å². The van der Waals surface area contributed by atoms with Gasteiger partial charge in [0.05, 0.1) is 16.4 Å². The van der Waals surface area contributed by atoms with Gasteiger partial charge in [0.15, 0.2) is 17.5 Å². The first kappa shape index (κ1) is 33.7. The summed E-state index contributed by atoms with van der Waals surface area (Å²) < 4.78 is 2.42. The van der Waals surface area contributed by atoms with Crippen LogP contribution < -0.4 is 0 Å². The van der Waals surface area contributed by atoms with E-state index in [-0.39, 0.29) is 5.41 Å². The molecule has 0 amide bonds. The first-order valence-corrected chi connectivity index (χ1v) is 20.4. The van der Waals surface area contributed by atoms with E-state index in [4.69, 9.17) is 15.0 Å². The molecule has 2 aliphatic carbocycles. The van der Waals surface area contributed by atoms with Crippen molar-refractivity contribution in [1.29, 1.82) is 0 Å². The van der Waals surface area contributed by atoms with E-state index in [1.165, 1.54) is 66.3 Å². The molecule has 0 radical (unpaired) electrons. The minimum Gasteiger partial charge on any atom is -0.309 e. The van der Waals surface area contributed by atoms with Crippen molar-refractivity contribution < 1.29 is 0 Å². The highest BCUT2D eigenvalue weighted by molar-refractivity contribution is 6.12. The molecule has 4 nitrogen and oxygen atoms in total. The molecule has 8 aromatic carbocycles. The van der Waals surface area contributed by atoms with Crippen LogP contribution in [0.5, 0.6) is 0 Å². The number of fused-ring (bicyclic) bond motifs is 12. The molecule has 0 atom stereocenters. The average Bonchev–Trinajstić information content (AvgIpc) is 3.78. The molecule has 2 aliphatic rings. The molecule has 0 unspecified atom stereocenters. The highest BCUT2D eigenvalue weighted by Crippen LogP contribution is 2.62. The molecule has 0 saturated heterocycles. The summed E-state index contributed by atoms with van der Waals surface area (Å²) in [6, 6.07) is 70.2. The fourth-order valence-corrected chi connectivity index (χ4v) is 10.3. The lowest BCUT2D eigenvalue weighted by Crippen LogP contribution is -2.40. The Labute approximate surface area is 343 Å². The molecule has 0 fully saturated rings. The fraction of sp³-hybridized carbons (Fsp3) is 0.0727. The quantitative estimate of drug-likeness (QED) is 0.180. The first-order valence-electron chi connectivity index (χ1n) is 20.4. The zero-order valence-corrected chi connectivity index (χ0v) is 32.8. The summed E-state index contributed by atoms with van der Waals surface area (Å²) in [5, 5.41) is 2.48. The summed E-state index contributed by atoms with van der Waals surface area (Å²) in [5.41, 5.74) is 16.5. The Morgan fingerprint density at radius 2 is 0.831 bits per heavy atom. The normalized spacial score (nSPS) is 14.2. The second kappa shape index (κ2) is 12.5. The molecule has 2 heterocycles. The van der Waals surface area contributed by atoms with Crippen LogP contribution in [0.2, 0.25) is 0 Å². The molecule has 0 N–H and O–H groups in total. The van der Waals surface area contributed by atoms with E-state index in [0.717, 1.165) is 22.4 Å². The van der Waals surface area contributed by atoms with Crippen molar-refractivity contribution in [1.82, 2.24) is 19.5 Å². The molecule has 0 saturated carbocycles. The second-order valence-electron chi connectivity index (χ2n) is 16.4. The van der Waals surface area contributed by atoms with Crippen LogP contribution in [-0.2, 0) is 10.8 Å². The van der Waals surface area contributed by atoms with Crippen molar-refractivity contribution in [2.24, 2.45) is 0 Å². The number of hydrogen-bond donors (Lipinski definition) is 0. The van der Waals surface area contributed by atoms with E-state index >= 15 is 0 Å². The van der Waals surface area contributed by atoms with Crippen molar-refractivity contribution in [3.63, 3.8) is 0 Å². The van der Waals surface area contributed by atoms with Gasteiger partial charge in [0.25, 0.3) is 0 Å². The standard InChI is InChI=1S/C55H38N4/c1-54(2)44-24-12-14-26-46(44)55(47-27-15-13-25-45(47)54)43-23-11-9-21-39(43)41-34-50-42(33-48(41)55)40-22-10-16-28-49(40)59(50)38-31-29-37(30-32-38)53-57-51(35-17-5-3-6-18-35)56-52(58-53)36-19-7-4-8-20-36/h3-34H,1-2H3. The van der Waals surface area contributed by atoms with E-state index in [0.29, 0.717) is 17.5 Å². The van der Waals surface area contributed by atoms with Gasteiger partial charge in [-0.15, -0.1) is 0 Å². The summed E-state index contributed by atoms with van der Waals surface area (Å²) in [6.07, 6.45) is 0. The third kappa shape index (κ3) is 4.74. The lowest BCUT2D eigenvalue weighted by molar-refractivity contribution is 0.563. The van der Waals surface area contributed by atoms with Gasteiger partial charge in [0.1, 0.15) is 0 Å². The van der Waals surface area contributed by atoms with Gasteiger partial charge < -0.3 is 4.57 Å². The van der Waals surface area contributed by atoms with Crippen LogP contribution in [0.15, 0.2) is 194 Å². The Balaban J connectivity index is 1.07. The molecule has 1 spiro atoms. The lowest BCUT2D eigenvalue weighted by atomic mass is 9.55. The van der Waals surface area contributed by atoms with Crippen molar-refractivity contribution in [2.75, 3.05) is 0 Å². The van der Waals surface area contributed by atoms with Gasteiger partial charge in [-0.05, 0) is 87.0 Å². The molecule has 2 aromatic heterocycles. The zero-order valence-electron chi connectivity index (χ0n) is 32.8. The zero-order chi connectivity index (χ0) is 39.3. The Hall–Kier alpha value is -7.43. The van der Waals surface area contributed by atoms with Gasteiger partial charge in [0.2, 0.25) is 0 Å². The van der Waals surface area contributed by atoms with Crippen molar-refractivity contribution in [2.45, 2.75) is 24.7 Å². The number of para-hydroxylation sites is 1. The Bertz CT molecular complexity index is 3180. The largest absolute Gasteiger partial charge is 0.309 e. The predicted molar refractivity (Wildman–Crippen MR) is 240 cm³/mol.